The number of hydrogen-bond acceptors (Lipinski definition) is 4. The number of rotatable bonds is 4. The van der Waals surface area contributed by atoms with Crippen LogP contribution in [0, 0.1) is 3.57 Å². The highest BCUT2D eigenvalue weighted by Crippen LogP contribution is 2.29. The topological polar surface area (TPSA) is 68.7 Å². The van der Waals surface area contributed by atoms with Crippen LogP contribution in [0.4, 0.5) is 13.2 Å². The van der Waals surface area contributed by atoms with Crippen molar-refractivity contribution in [1.29, 1.82) is 0 Å². The number of halogens is 4. The third-order valence-electron chi connectivity index (χ3n) is 1.75. The summed E-state index contributed by atoms with van der Waals surface area (Å²) in [4.78, 5) is 14.1. The molecule has 18 heavy (non-hydrogen) atoms. The van der Waals surface area contributed by atoms with E-state index < -0.39 is 24.6 Å². The summed E-state index contributed by atoms with van der Waals surface area (Å²) < 4.78 is 44.7. The molecular formula is C9H7F3INO4. The average Bonchev–Trinajstić information content (AvgIpc) is 2.18. The predicted octanol–water partition coefficient (Wildman–Crippen LogP) is 2.22. The first-order valence-electron chi connectivity index (χ1n) is 4.44. The summed E-state index contributed by atoms with van der Waals surface area (Å²) >= 11 is 1.69. The Labute approximate surface area is 113 Å². The van der Waals surface area contributed by atoms with Crippen LogP contribution in [0.1, 0.15) is 5.56 Å². The molecule has 100 valence electrons. The fourth-order valence-corrected chi connectivity index (χ4v) is 1.84. The second-order valence-corrected chi connectivity index (χ2v) is 4.21. The first-order chi connectivity index (χ1) is 8.23. The summed E-state index contributed by atoms with van der Waals surface area (Å²) in [5.41, 5.74) is 0.195. The molecule has 0 amide bonds. The Kier molecular flexibility index (Phi) is 4.59. The van der Waals surface area contributed by atoms with Gasteiger partial charge in [-0.2, -0.15) is 4.98 Å². The van der Waals surface area contributed by atoms with Gasteiger partial charge in [-0.15, -0.1) is 13.2 Å². The molecule has 0 saturated heterocycles. The molecule has 1 rings (SSSR count). The molecule has 0 spiro atoms. The number of aromatic nitrogens is 1. The van der Waals surface area contributed by atoms with Crippen LogP contribution in [0.25, 0.3) is 0 Å². The number of methoxy groups -OCH3 is 1. The molecule has 0 atom stereocenters. The molecule has 1 N–H and O–H groups in total. The lowest BCUT2D eigenvalue weighted by Gasteiger charge is -2.12. The smallest absolute Gasteiger partial charge is 0.481 e. The number of aliphatic carboxylic acids is 1. The highest BCUT2D eigenvalue weighted by Gasteiger charge is 2.32. The van der Waals surface area contributed by atoms with Crippen molar-refractivity contribution in [3.05, 3.63) is 15.2 Å². The first kappa shape index (κ1) is 14.8. The van der Waals surface area contributed by atoms with Crippen LogP contribution in [0.3, 0.4) is 0 Å². The quantitative estimate of drug-likeness (QED) is 0.816. The van der Waals surface area contributed by atoms with Gasteiger partial charge in [0, 0.05) is 15.2 Å². The zero-order chi connectivity index (χ0) is 13.9. The maximum atomic E-state index is 12.0. The van der Waals surface area contributed by atoms with Gasteiger partial charge in [-0.1, -0.05) is 0 Å². The fourth-order valence-electron chi connectivity index (χ4n) is 1.15. The molecule has 1 heterocycles. The van der Waals surface area contributed by atoms with Gasteiger partial charge in [0.25, 0.3) is 0 Å². The van der Waals surface area contributed by atoms with Gasteiger partial charge in [0.05, 0.1) is 13.5 Å². The van der Waals surface area contributed by atoms with E-state index in [1.807, 2.05) is 0 Å². The molecule has 0 aliphatic heterocycles. The molecule has 0 saturated carbocycles. The zero-order valence-corrected chi connectivity index (χ0v) is 11.1. The van der Waals surface area contributed by atoms with Crippen molar-refractivity contribution in [1.82, 2.24) is 4.98 Å². The van der Waals surface area contributed by atoms with Crippen molar-refractivity contribution in [3.8, 4) is 11.8 Å². The van der Waals surface area contributed by atoms with E-state index in [0.717, 1.165) is 6.07 Å². The van der Waals surface area contributed by atoms with E-state index in [9.17, 15) is 18.0 Å². The standard InChI is InChI=1S/C9H7F3INO4/c1-17-8-4(2-7(15)16)5(13)3-6(14-8)18-9(10,11)12/h3H,2H2,1H3,(H,15,16). The van der Waals surface area contributed by atoms with E-state index in [1.165, 1.54) is 7.11 Å². The zero-order valence-electron chi connectivity index (χ0n) is 8.92. The van der Waals surface area contributed by atoms with Crippen LogP contribution in [-0.4, -0.2) is 29.5 Å². The van der Waals surface area contributed by atoms with Crippen molar-refractivity contribution in [2.75, 3.05) is 7.11 Å². The molecule has 5 nitrogen and oxygen atoms in total. The molecular weight excluding hydrogens is 370 g/mol. The number of carboxylic acid groups (broad SMARTS) is 1. The van der Waals surface area contributed by atoms with Crippen molar-refractivity contribution in [3.63, 3.8) is 0 Å². The SMILES string of the molecule is COc1nc(OC(F)(F)F)cc(I)c1CC(=O)O. The van der Waals surface area contributed by atoms with Crippen LogP contribution in [-0.2, 0) is 11.2 Å². The Hall–Kier alpha value is -1.26. The van der Waals surface area contributed by atoms with Gasteiger partial charge in [-0.05, 0) is 22.6 Å². The normalized spacial score (nSPS) is 11.2. The van der Waals surface area contributed by atoms with E-state index in [0.29, 0.717) is 0 Å². The number of ether oxygens (including phenoxy) is 2. The van der Waals surface area contributed by atoms with E-state index in [2.05, 4.69) is 9.72 Å². The number of alkyl halides is 3. The molecule has 0 aromatic carbocycles. The van der Waals surface area contributed by atoms with E-state index in [1.54, 1.807) is 22.6 Å². The van der Waals surface area contributed by atoms with Gasteiger partial charge >= 0.3 is 12.3 Å². The summed E-state index contributed by atoms with van der Waals surface area (Å²) in [6, 6.07) is 0.995. The molecule has 0 aliphatic rings. The lowest BCUT2D eigenvalue weighted by molar-refractivity contribution is -0.276. The second kappa shape index (κ2) is 5.59. The summed E-state index contributed by atoms with van der Waals surface area (Å²) in [7, 11) is 1.18. The summed E-state index contributed by atoms with van der Waals surface area (Å²) in [6.07, 6.45) is -5.27. The average molecular weight is 377 g/mol. The van der Waals surface area contributed by atoms with Crippen LogP contribution in [0.5, 0.6) is 11.8 Å². The number of carbonyl (C=O) groups is 1. The van der Waals surface area contributed by atoms with Crippen LogP contribution in [0.15, 0.2) is 6.07 Å². The molecule has 1 aromatic heterocycles. The van der Waals surface area contributed by atoms with Gasteiger partial charge in [0.2, 0.25) is 11.8 Å². The van der Waals surface area contributed by atoms with Crippen molar-refractivity contribution in [2.24, 2.45) is 0 Å². The monoisotopic (exact) mass is 377 g/mol. The molecule has 0 bridgehead atoms. The van der Waals surface area contributed by atoms with Gasteiger partial charge in [0.1, 0.15) is 0 Å². The Morgan fingerprint density at radius 2 is 2.17 bits per heavy atom. The number of nitrogens with zero attached hydrogens (tertiary/aromatic N) is 1. The number of carboxylic acids is 1. The molecule has 0 fully saturated rings. The second-order valence-electron chi connectivity index (χ2n) is 3.05. The summed E-state index contributed by atoms with van der Waals surface area (Å²) in [6.45, 7) is 0. The minimum atomic E-state index is -4.87. The van der Waals surface area contributed by atoms with Crippen LogP contribution < -0.4 is 9.47 Å². The molecule has 0 radical (unpaired) electrons. The Morgan fingerprint density at radius 3 is 2.61 bits per heavy atom. The van der Waals surface area contributed by atoms with Crippen molar-refractivity contribution >= 4 is 28.6 Å². The first-order valence-corrected chi connectivity index (χ1v) is 5.51. The lowest BCUT2D eigenvalue weighted by atomic mass is 10.2. The number of hydrogen-bond donors (Lipinski definition) is 1. The summed E-state index contributed by atoms with van der Waals surface area (Å²) in [5.74, 6) is -2.04. The molecule has 9 heteroatoms. The van der Waals surface area contributed by atoms with E-state index in [-0.39, 0.29) is 15.0 Å². The third kappa shape index (κ3) is 4.20. The molecule has 1 aromatic rings. The van der Waals surface area contributed by atoms with E-state index >= 15 is 0 Å². The predicted molar refractivity (Wildman–Crippen MR) is 61.5 cm³/mol. The molecule has 0 aliphatic carbocycles. The summed E-state index contributed by atoms with van der Waals surface area (Å²) in [5, 5.41) is 8.67. The van der Waals surface area contributed by atoms with Gasteiger partial charge < -0.3 is 14.6 Å². The fraction of sp³-hybridized carbons (Fsp3) is 0.333. The van der Waals surface area contributed by atoms with Crippen molar-refractivity contribution in [2.45, 2.75) is 12.8 Å². The Balaban J connectivity index is 3.14. The molecule has 0 unspecified atom stereocenters. The Morgan fingerprint density at radius 1 is 1.56 bits per heavy atom. The largest absolute Gasteiger partial charge is 0.574 e. The van der Waals surface area contributed by atoms with Gasteiger partial charge in [-0.3, -0.25) is 4.79 Å². The lowest BCUT2D eigenvalue weighted by Crippen LogP contribution is -2.18. The Bertz CT molecular complexity index is 464. The van der Waals surface area contributed by atoms with Crippen LogP contribution in [0.2, 0.25) is 0 Å². The minimum absolute atomic E-state index is 0.195. The van der Waals surface area contributed by atoms with Crippen molar-refractivity contribution < 1.29 is 32.5 Å². The van der Waals surface area contributed by atoms with Gasteiger partial charge in [-0.25, -0.2) is 0 Å². The maximum Gasteiger partial charge on any atom is 0.574 e. The maximum absolute atomic E-state index is 12.0. The highest BCUT2D eigenvalue weighted by atomic mass is 127. The highest BCUT2D eigenvalue weighted by molar-refractivity contribution is 14.1. The third-order valence-corrected chi connectivity index (χ3v) is 2.71. The minimum Gasteiger partial charge on any atom is -0.481 e. The van der Waals surface area contributed by atoms with Crippen LogP contribution >= 0.6 is 22.6 Å². The number of pyridine rings is 1. The van der Waals surface area contributed by atoms with E-state index in [4.69, 9.17) is 9.84 Å². The van der Waals surface area contributed by atoms with Gasteiger partial charge in [0.15, 0.2) is 0 Å².